The normalized spacial score (nSPS) is 14.0. The van der Waals surface area contributed by atoms with E-state index in [1.54, 1.807) is 18.5 Å². The zero-order chi connectivity index (χ0) is 19.8. The summed E-state index contributed by atoms with van der Waals surface area (Å²) in [5.41, 5.74) is 5.53. The zero-order valence-corrected chi connectivity index (χ0v) is 16.7. The predicted molar refractivity (Wildman–Crippen MR) is 112 cm³/mol. The molecule has 0 atom stereocenters. The second-order valence-corrected chi connectivity index (χ2v) is 7.86. The topological polar surface area (TPSA) is 92.0 Å². The molecule has 0 amide bonds. The molecule has 0 fully saturated rings. The lowest BCUT2D eigenvalue weighted by Gasteiger charge is -2.15. The average Bonchev–Trinajstić information content (AvgIpc) is 3.48. The lowest BCUT2D eigenvalue weighted by atomic mass is 9.97. The maximum absolute atomic E-state index is 9.09. The molecule has 0 spiro atoms. The summed E-state index contributed by atoms with van der Waals surface area (Å²) in [6, 6.07) is 5.75. The van der Waals surface area contributed by atoms with Gasteiger partial charge in [0, 0.05) is 17.8 Å². The standard InChI is InChI=1S/C21H18N6OS/c1-13-7-19(29-26-13)25-20-21-23-10-18(15-8-16(9-22)28-12-15)27(21)11-17(24-20)14-5-3-2-4-6-14/h5,7-8,10-12H,2-4,6H2,1H3,(H,24,25). The second-order valence-electron chi connectivity index (χ2n) is 7.06. The van der Waals surface area contributed by atoms with E-state index in [-0.39, 0.29) is 5.76 Å². The van der Waals surface area contributed by atoms with E-state index in [1.807, 2.05) is 29.7 Å². The van der Waals surface area contributed by atoms with Gasteiger partial charge in [0.25, 0.3) is 0 Å². The highest BCUT2D eigenvalue weighted by Crippen LogP contribution is 2.32. The van der Waals surface area contributed by atoms with Crippen LogP contribution in [0.3, 0.4) is 0 Å². The molecule has 4 aromatic rings. The molecular weight excluding hydrogens is 384 g/mol. The average molecular weight is 402 g/mol. The first-order chi connectivity index (χ1) is 14.2. The number of fused-ring (bicyclic) bond motifs is 1. The van der Waals surface area contributed by atoms with E-state index in [0.29, 0.717) is 11.5 Å². The fourth-order valence-corrected chi connectivity index (χ4v) is 4.24. The quantitative estimate of drug-likeness (QED) is 0.496. The Morgan fingerprint density at radius 2 is 2.24 bits per heavy atom. The van der Waals surface area contributed by atoms with Crippen LogP contribution in [0.2, 0.25) is 0 Å². The van der Waals surface area contributed by atoms with Crippen molar-refractivity contribution >= 4 is 33.6 Å². The van der Waals surface area contributed by atoms with Gasteiger partial charge in [-0.05, 0) is 55.8 Å². The molecular formula is C21H18N6OS. The van der Waals surface area contributed by atoms with Crippen molar-refractivity contribution in [3.05, 3.63) is 54.0 Å². The Hall–Kier alpha value is -3.44. The Kier molecular flexibility index (Phi) is 4.37. The molecule has 5 rings (SSSR count). The van der Waals surface area contributed by atoms with Crippen molar-refractivity contribution in [1.82, 2.24) is 18.7 Å². The van der Waals surface area contributed by atoms with Crippen LogP contribution in [-0.4, -0.2) is 18.7 Å². The molecule has 0 saturated carbocycles. The summed E-state index contributed by atoms with van der Waals surface area (Å²) >= 11 is 1.40. The molecule has 4 aromatic heterocycles. The number of furan rings is 1. The van der Waals surface area contributed by atoms with Crippen molar-refractivity contribution in [2.24, 2.45) is 0 Å². The molecule has 1 aliphatic rings. The number of aromatic nitrogens is 4. The molecule has 29 heavy (non-hydrogen) atoms. The lowest BCUT2D eigenvalue weighted by molar-refractivity contribution is 0.553. The van der Waals surface area contributed by atoms with Crippen molar-refractivity contribution in [2.75, 3.05) is 5.32 Å². The molecule has 7 nitrogen and oxygen atoms in total. The number of hydrogen-bond acceptors (Lipinski definition) is 7. The number of allylic oxidation sites excluding steroid dienone is 2. The molecule has 1 aliphatic carbocycles. The molecule has 0 radical (unpaired) electrons. The Morgan fingerprint density at radius 1 is 1.31 bits per heavy atom. The van der Waals surface area contributed by atoms with Crippen molar-refractivity contribution in [3.63, 3.8) is 0 Å². The van der Waals surface area contributed by atoms with Crippen LogP contribution in [0.25, 0.3) is 22.5 Å². The lowest BCUT2D eigenvalue weighted by Crippen LogP contribution is -2.03. The largest absolute Gasteiger partial charge is 0.453 e. The number of imidazole rings is 1. The SMILES string of the molecule is Cc1cc(Nc2nc(C3=CCCCC3)cn3c(-c4coc(C#N)c4)cnc23)sn1. The van der Waals surface area contributed by atoms with E-state index in [2.05, 4.69) is 20.8 Å². The predicted octanol–water partition coefficient (Wildman–Crippen LogP) is 5.33. The monoisotopic (exact) mass is 402 g/mol. The molecule has 4 heterocycles. The number of nitrogens with one attached hydrogen (secondary N) is 1. The number of anilines is 2. The van der Waals surface area contributed by atoms with E-state index in [1.165, 1.54) is 29.9 Å². The van der Waals surface area contributed by atoms with Gasteiger partial charge in [-0.1, -0.05) is 6.08 Å². The van der Waals surface area contributed by atoms with Gasteiger partial charge in [-0.2, -0.15) is 9.64 Å². The van der Waals surface area contributed by atoms with Gasteiger partial charge in [-0.25, -0.2) is 9.97 Å². The van der Waals surface area contributed by atoms with Crippen molar-refractivity contribution < 1.29 is 4.42 Å². The third kappa shape index (κ3) is 3.30. The molecule has 0 saturated heterocycles. The first kappa shape index (κ1) is 17.6. The van der Waals surface area contributed by atoms with Crippen LogP contribution in [0, 0.1) is 18.3 Å². The Morgan fingerprint density at radius 3 is 2.97 bits per heavy atom. The number of rotatable bonds is 4. The number of nitrogens with zero attached hydrogens (tertiary/aromatic N) is 5. The van der Waals surface area contributed by atoms with Gasteiger partial charge in [0.05, 0.1) is 23.3 Å². The fourth-order valence-electron chi connectivity index (χ4n) is 3.58. The van der Waals surface area contributed by atoms with E-state index in [0.717, 1.165) is 40.5 Å². The van der Waals surface area contributed by atoms with Crippen LogP contribution in [0.15, 0.2) is 41.3 Å². The third-order valence-corrected chi connectivity index (χ3v) is 5.78. The minimum Gasteiger partial charge on any atom is -0.453 e. The highest BCUT2D eigenvalue weighted by molar-refractivity contribution is 7.10. The minimum atomic E-state index is 0.276. The summed E-state index contributed by atoms with van der Waals surface area (Å²) in [7, 11) is 0. The highest BCUT2D eigenvalue weighted by Gasteiger charge is 2.17. The molecule has 0 aromatic carbocycles. The van der Waals surface area contributed by atoms with Crippen LogP contribution in [0.1, 0.15) is 42.8 Å². The van der Waals surface area contributed by atoms with E-state index >= 15 is 0 Å². The molecule has 0 unspecified atom stereocenters. The summed E-state index contributed by atoms with van der Waals surface area (Å²) in [6.07, 6.45) is 12.2. The first-order valence-electron chi connectivity index (χ1n) is 9.48. The van der Waals surface area contributed by atoms with Crippen LogP contribution < -0.4 is 5.32 Å². The van der Waals surface area contributed by atoms with Gasteiger partial charge in [0.2, 0.25) is 5.76 Å². The number of hydrogen-bond donors (Lipinski definition) is 1. The van der Waals surface area contributed by atoms with Crippen molar-refractivity contribution in [3.8, 4) is 17.3 Å². The van der Waals surface area contributed by atoms with Crippen molar-refractivity contribution in [2.45, 2.75) is 32.6 Å². The first-order valence-corrected chi connectivity index (χ1v) is 10.3. The van der Waals surface area contributed by atoms with Gasteiger partial charge in [-0.3, -0.25) is 4.40 Å². The maximum Gasteiger partial charge on any atom is 0.203 e. The van der Waals surface area contributed by atoms with Gasteiger partial charge in [-0.15, -0.1) is 0 Å². The summed E-state index contributed by atoms with van der Waals surface area (Å²) in [6.45, 7) is 1.97. The van der Waals surface area contributed by atoms with Gasteiger partial charge in [0.15, 0.2) is 11.5 Å². The van der Waals surface area contributed by atoms with Gasteiger partial charge in [0.1, 0.15) is 17.3 Å². The Balaban J connectivity index is 1.67. The second kappa shape index (κ2) is 7.18. The van der Waals surface area contributed by atoms with Crippen LogP contribution >= 0.6 is 11.5 Å². The van der Waals surface area contributed by atoms with E-state index in [4.69, 9.17) is 14.7 Å². The highest BCUT2D eigenvalue weighted by atomic mass is 32.1. The van der Waals surface area contributed by atoms with Crippen LogP contribution in [0.4, 0.5) is 10.8 Å². The smallest absolute Gasteiger partial charge is 0.203 e. The maximum atomic E-state index is 9.09. The third-order valence-electron chi connectivity index (χ3n) is 4.99. The summed E-state index contributed by atoms with van der Waals surface area (Å²) in [4.78, 5) is 9.50. The van der Waals surface area contributed by atoms with Gasteiger partial charge < -0.3 is 9.73 Å². The summed E-state index contributed by atoms with van der Waals surface area (Å²) < 4.78 is 11.7. The molecule has 144 valence electrons. The fraction of sp³-hybridized carbons (Fsp3) is 0.238. The van der Waals surface area contributed by atoms with Crippen LogP contribution in [-0.2, 0) is 0 Å². The van der Waals surface area contributed by atoms with E-state index < -0.39 is 0 Å². The van der Waals surface area contributed by atoms with Crippen molar-refractivity contribution in [1.29, 1.82) is 5.26 Å². The van der Waals surface area contributed by atoms with Crippen LogP contribution in [0.5, 0.6) is 0 Å². The number of nitriles is 1. The summed E-state index contributed by atoms with van der Waals surface area (Å²) in [5, 5.41) is 13.4. The Bertz CT molecular complexity index is 1270. The number of aryl methyl sites for hydroxylation is 1. The zero-order valence-electron chi connectivity index (χ0n) is 15.8. The molecule has 1 N–H and O–H groups in total. The summed E-state index contributed by atoms with van der Waals surface area (Å²) in [5.74, 6) is 0.963. The molecule has 8 heteroatoms. The van der Waals surface area contributed by atoms with Gasteiger partial charge >= 0.3 is 0 Å². The van der Waals surface area contributed by atoms with E-state index in [9.17, 15) is 0 Å². The molecule has 0 bridgehead atoms. The molecule has 0 aliphatic heterocycles. The Labute approximate surface area is 171 Å². The minimum absolute atomic E-state index is 0.276.